The molecule has 0 saturated heterocycles. The Kier molecular flexibility index (Phi) is 5.62. The Morgan fingerprint density at radius 1 is 1.30 bits per heavy atom. The van der Waals surface area contributed by atoms with Gasteiger partial charge in [-0.3, -0.25) is 4.99 Å². The lowest BCUT2D eigenvalue weighted by molar-refractivity contribution is 0.242. The molecule has 0 unspecified atom stereocenters. The van der Waals surface area contributed by atoms with Gasteiger partial charge >= 0.3 is 0 Å². The molecule has 23 heavy (non-hydrogen) atoms. The van der Waals surface area contributed by atoms with Crippen molar-refractivity contribution in [2.45, 2.75) is 40.2 Å². The van der Waals surface area contributed by atoms with Crippen LogP contribution in [0.3, 0.4) is 0 Å². The van der Waals surface area contributed by atoms with Gasteiger partial charge in [0.05, 0.1) is 11.8 Å². The zero-order valence-electron chi connectivity index (χ0n) is 14.1. The van der Waals surface area contributed by atoms with Gasteiger partial charge < -0.3 is 20.3 Å². The Hall–Kier alpha value is -2.50. The molecule has 6 heteroatoms. The van der Waals surface area contributed by atoms with E-state index in [1.807, 2.05) is 52.0 Å². The molecule has 1 aromatic carbocycles. The van der Waals surface area contributed by atoms with Crippen LogP contribution in [0.25, 0.3) is 0 Å². The zero-order valence-corrected chi connectivity index (χ0v) is 14.1. The third-order valence-corrected chi connectivity index (χ3v) is 3.32. The summed E-state index contributed by atoms with van der Waals surface area (Å²) in [5.41, 5.74) is 8.78. The van der Waals surface area contributed by atoms with Crippen LogP contribution in [0.1, 0.15) is 30.9 Å². The second-order valence-corrected chi connectivity index (χ2v) is 5.64. The third kappa shape index (κ3) is 5.02. The fraction of sp³-hybridized carbons (Fsp3) is 0.412. The minimum atomic E-state index is 0.157. The third-order valence-electron chi connectivity index (χ3n) is 3.32. The summed E-state index contributed by atoms with van der Waals surface area (Å²) in [6, 6.07) is 7.63. The van der Waals surface area contributed by atoms with Crippen LogP contribution in [-0.4, -0.2) is 23.8 Å². The Labute approximate surface area is 136 Å². The summed E-state index contributed by atoms with van der Waals surface area (Å²) in [7, 11) is 0. The molecule has 0 aliphatic heterocycles. The summed E-state index contributed by atoms with van der Waals surface area (Å²) in [6.45, 7) is 8.40. The highest BCUT2D eigenvalue weighted by atomic mass is 16.5. The van der Waals surface area contributed by atoms with Gasteiger partial charge in [0.1, 0.15) is 11.5 Å². The number of aryl methyl sites for hydroxylation is 2. The Bertz CT molecular complexity index is 640. The Morgan fingerprint density at radius 2 is 2.00 bits per heavy atom. The van der Waals surface area contributed by atoms with E-state index in [0.717, 1.165) is 34.9 Å². The molecule has 0 radical (unpaired) electrons. The lowest BCUT2D eigenvalue weighted by Crippen LogP contribution is -2.23. The number of aromatic nitrogens is 1. The number of hydrogen-bond donors (Lipinski definition) is 2. The standard InChI is InChI=1S/C17H24N4O2/c1-11(2)22-15-7-5-14(6-8-15)20-17(18)19-10-9-16-12(3)21-23-13(16)4/h5-8,11H,9-10H2,1-4H3,(H3,18,19,20). The quantitative estimate of drug-likeness (QED) is 0.632. The van der Waals surface area contributed by atoms with Crippen LogP contribution in [0, 0.1) is 13.8 Å². The van der Waals surface area contributed by atoms with Gasteiger partial charge in [0.2, 0.25) is 0 Å². The van der Waals surface area contributed by atoms with Crippen molar-refractivity contribution in [1.29, 1.82) is 0 Å². The number of nitrogens with one attached hydrogen (secondary N) is 1. The van der Waals surface area contributed by atoms with E-state index in [2.05, 4.69) is 15.5 Å². The first kappa shape index (κ1) is 16.9. The van der Waals surface area contributed by atoms with Crippen molar-refractivity contribution in [3.63, 3.8) is 0 Å². The molecular weight excluding hydrogens is 292 g/mol. The van der Waals surface area contributed by atoms with Crippen molar-refractivity contribution in [2.24, 2.45) is 10.7 Å². The molecule has 6 nitrogen and oxygen atoms in total. The maximum atomic E-state index is 5.91. The van der Waals surface area contributed by atoms with E-state index in [-0.39, 0.29) is 6.10 Å². The van der Waals surface area contributed by atoms with Crippen molar-refractivity contribution in [3.8, 4) is 5.75 Å². The van der Waals surface area contributed by atoms with Gasteiger partial charge in [0.15, 0.2) is 5.96 Å². The molecule has 1 heterocycles. The summed E-state index contributed by atoms with van der Waals surface area (Å²) in [4.78, 5) is 4.33. The Balaban J connectivity index is 1.87. The highest BCUT2D eigenvalue weighted by molar-refractivity contribution is 5.92. The molecule has 0 atom stereocenters. The number of rotatable bonds is 6. The maximum Gasteiger partial charge on any atom is 0.193 e. The zero-order chi connectivity index (χ0) is 16.8. The molecule has 124 valence electrons. The van der Waals surface area contributed by atoms with Crippen molar-refractivity contribution >= 4 is 11.6 Å². The molecular formula is C17H24N4O2. The number of aliphatic imine (C=N–C) groups is 1. The number of benzene rings is 1. The van der Waals surface area contributed by atoms with Crippen LogP contribution in [0.2, 0.25) is 0 Å². The number of nitrogens with two attached hydrogens (primary N) is 1. The second kappa shape index (κ2) is 7.67. The van der Waals surface area contributed by atoms with Gasteiger partial charge in [0.25, 0.3) is 0 Å². The monoisotopic (exact) mass is 316 g/mol. The molecule has 0 aliphatic carbocycles. The molecule has 1 aromatic heterocycles. The van der Waals surface area contributed by atoms with Gasteiger partial charge in [-0.05, 0) is 58.4 Å². The molecule has 0 aliphatic rings. The molecule has 0 fully saturated rings. The van der Waals surface area contributed by atoms with Gasteiger partial charge in [-0.1, -0.05) is 5.16 Å². The lowest BCUT2D eigenvalue weighted by atomic mass is 10.1. The van der Waals surface area contributed by atoms with Gasteiger partial charge in [-0.15, -0.1) is 0 Å². The molecule has 3 N–H and O–H groups in total. The molecule has 2 rings (SSSR count). The predicted octanol–water partition coefficient (Wildman–Crippen LogP) is 3.05. The summed E-state index contributed by atoms with van der Waals surface area (Å²) in [5.74, 6) is 2.05. The van der Waals surface area contributed by atoms with E-state index < -0.39 is 0 Å². The fourth-order valence-corrected chi connectivity index (χ4v) is 2.22. The highest BCUT2D eigenvalue weighted by Crippen LogP contribution is 2.17. The first-order valence-corrected chi connectivity index (χ1v) is 7.71. The van der Waals surface area contributed by atoms with Crippen LogP contribution < -0.4 is 15.8 Å². The summed E-state index contributed by atoms with van der Waals surface area (Å²) < 4.78 is 10.7. The first-order valence-electron chi connectivity index (χ1n) is 7.71. The summed E-state index contributed by atoms with van der Waals surface area (Å²) in [5, 5.41) is 6.99. The van der Waals surface area contributed by atoms with Crippen LogP contribution >= 0.6 is 0 Å². The SMILES string of the molecule is Cc1noc(C)c1CCN=C(N)Nc1ccc(OC(C)C)cc1. The van der Waals surface area contributed by atoms with Crippen LogP contribution in [0.4, 0.5) is 5.69 Å². The first-order chi connectivity index (χ1) is 11.0. The maximum absolute atomic E-state index is 5.91. The van der Waals surface area contributed by atoms with E-state index >= 15 is 0 Å². The summed E-state index contributed by atoms with van der Waals surface area (Å²) >= 11 is 0. The van der Waals surface area contributed by atoms with Gasteiger partial charge in [0, 0.05) is 17.8 Å². The van der Waals surface area contributed by atoms with Crippen molar-refractivity contribution in [2.75, 3.05) is 11.9 Å². The number of guanidine groups is 1. The molecule has 0 amide bonds. The number of ether oxygens (including phenoxy) is 1. The van der Waals surface area contributed by atoms with Crippen molar-refractivity contribution < 1.29 is 9.26 Å². The molecule has 0 spiro atoms. The second-order valence-electron chi connectivity index (χ2n) is 5.64. The minimum Gasteiger partial charge on any atom is -0.491 e. The predicted molar refractivity (Wildman–Crippen MR) is 92.0 cm³/mol. The molecule has 2 aromatic rings. The normalized spacial score (nSPS) is 11.8. The minimum absolute atomic E-state index is 0.157. The van der Waals surface area contributed by atoms with Crippen LogP contribution in [0.5, 0.6) is 5.75 Å². The van der Waals surface area contributed by atoms with Crippen LogP contribution in [0.15, 0.2) is 33.8 Å². The van der Waals surface area contributed by atoms with Gasteiger partial charge in [-0.25, -0.2) is 0 Å². The smallest absolute Gasteiger partial charge is 0.193 e. The van der Waals surface area contributed by atoms with E-state index in [0.29, 0.717) is 12.5 Å². The number of anilines is 1. The average Bonchev–Trinajstić information content (AvgIpc) is 2.80. The van der Waals surface area contributed by atoms with Gasteiger partial charge in [-0.2, -0.15) is 0 Å². The lowest BCUT2D eigenvalue weighted by Gasteiger charge is -2.10. The largest absolute Gasteiger partial charge is 0.491 e. The average molecular weight is 316 g/mol. The number of nitrogens with zero attached hydrogens (tertiary/aromatic N) is 2. The molecule has 0 bridgehead atoms. The van der Waals surface area contributed by atoms with Crippen molar-refractivity contribution in [1.82, 2.24) is 5.16 Å². The highest BCUT2D eigenvalue weighted by Gasteiger charge is 2.07. The van der Waals surface area contributed by atoms with E-state index in [4.69, 9.17) is 15.0 Å². The van der Waals surface area contributed by atoms with Crippen LogP contribution in [-0.2, 0) is 6.42 Å². The summed E-state index contributed by atoms with van der Waals surface area (Å²) in [6.07, 6.45) is 0.912. The number of hydrogen-bond acceptors (Lipinski definition) is 4. The Morgan fingerprint density at radius 3 is 2.57 bits per heavy atom. The van der Waals surface area contributed by atoms with E-state index in [9.17, 15) is 0 Å². The topological polar surface area (TPSA) is 85.7 Å². The van der Waals surface area contributed by atoms with E-state index in [1.165, 1.54) is 0 Å². The van der Waals surface area contributed by atoms with E-state index in [1.54, 1.807) is 0 Å². The fourth-order valence-electron chi connectivity index (χ4n) is 2.22. The van der Waals surface area contributed by atoms with Crippen molar-refractivity contribution in [3.05, 3.63) is 41.3 Å². The molecule has 0 saturated carbocycles.